The summed E-state index contributed by atoms with van der Waals surface area (Å²) in [4.78, 5) is 23.0. The van der Waals surface area contributed by atoms with E-state index in [0.717, 1.165) is 18.6 Å². The van der Waals surface area contributed by atoms with Crippen LogP contribution in [0, 0.1) is 17.6 Å². The second-order valence-corrected chi connectivity index (χ2v) is 5.03. The van der Waals surface area contributed by atoms with Crippen molar-refractivity contribution < 1.29 is 23.1 Å². The topological polar surface area (TPSA) is 55.4 Å². The first-order chi connectivity index (χ1) is 9.90. The summed E-state index contributed by atoms with van der Waals surface area (Å²) in [6.07, 6.45) is 0.783. The van der Waals surface area contributed by atoms with E-state index in [4.69, 9.17) is 4.74 Å². The Morgan fingerprint density at radius 1 is 1.29 bits per heavy atom. The number of carbonyl (C=O) groups excluding carboxylic acids is 2. The van der Waals surface area contributed by atoms with Crippen LogP contribution in [0.5, 0.6) is 0 Å². The van der Waals surface area contributed by atoms with Crippen LogP contribution in [0.25, 0.3) is 0 Å². The molecule has 0 saturated carbocycles. The van der Waals surface area contributed by atoms with Gasteiger partial charge >= 0.3 is 5.97 Å². The molecule has 116 valence electrons. The predicted octanol–water partition coefficient (Wildman–Crippen LogP) is 2.67. The average molecular weight is 299 g/mol. The number of esters is 1. The van der Waals surface area contributed by atoms with E-state index in [1.807, 2.05) is 13.8 Å². The summed E-state index contributed by atoms with van der Waals surface area (Å²) in [5.41, 5.74) is -0.260. The van der Waals surface area contributed by atoms with Gasteiger partial charge in [-0.25, -0.2) is 8.78 Å². The van der Waals surface area contributed by atoms with Crippen molar-refractivity contribution in [1.29, 1.82) is 0 Å². The van der Waals surface area contributed by atoms with Crippen LogP contribution < -0.4 is 5.32 Å². The van der Waals surface area contributed by atoms with E-state index in [1.54, 1.807) is 0 Å². The van der Waals surface area contributed by atoms with Gasteiger partial charge in [0.25, 0.3) is 5.91 Å². The van der Waals surface area contributed by atoms with Crippen molar-refractivity contribution >= 4 is 11.9 Å². The van der Waals surface area contributed by atoms with Crippen LogP contribution in [0.15, 0.2) is 18.2 Å². The number of benzene rings is 1. The maximum absolute atomic E-state index is 13.3. The second kappa shape index (κ2) is 8.34. The van der Waals surface area contributed by atoms with Crippen LogP contribution in [0.2, 0.25) is 0 Å². The van der Waals surface area contributed by atoms with Gasteiger partial charge in [-0.05, 0) is 24.5 Å². The fourth-order valence-electron chi connectivity index (χ4n) is 1.53. The third-order valence-corrected chi connectivity index (χ3v) is 2.75. The third-order valence-electron chi connectivity index (χ3n) is 2.75. The molecule has 0 atom stereocenters. The normalized spacial score (nSPS) is 10.5. The first-order valence-electron chi connectivity index (χ1n) is 6.79. The summed E-state index contributed by atoms with van der Waals surface area (Å²) >= 11 is 0. The molecule has 0 aliphatic carbocycles. The molecule has 0 saturated heterocycles. The van der Waals surface area contributed by atoms with E-state index in [-0.39, 0.29) is 18.5 Å². The molecule has 1 aromatic rings. The van der Waals surface area contributed by atoms with E-state index in [2.05, 4.69) is 5.32 Å². The zero-order chi connectivity index (χ0) is 15.8. The molecule has 6 heteroatoms. The van der Waals surface area contributed by atoms with Gasteiger partial charge < -0.3 is 10.1 Å². The maximum atomic E-state index is 13.3. The van der Waals surface area contributed by atoms with Gasteiger partial charge in [-0.2, -0.15) is 0 Å². The van der Waals surface area contributed by atoms with Crippen molar-refractivity contribution in [2.24, 2.45) is 5.92 Å². The summed E-state index contributed by atoms with van der Waals surface area (Å²) in [6.45, 7) is 4.42. The van der Waals surface area contributed by atoms with Gasteiger partial charge in [-0.1, -0.05) is 13.8 Å². The lowest BCUT2D eigenvalue weighted by Crippen LogP contribution is -2.27. The summed E-state index contributed by atoms with van der Waals surface area (Å²) in [5, 5.41) is 2.39. The molecule has 0 spiro atoms. The first-order valence-corrected chi connectivity index (χ1v) is 6.79. The lowest BCUT2D eigenvalue weighted by atomic mass is 10.1. The molecule has 0 aliphatic heterocycles. The van der Waals surface area contributed by atoms with Gasteiger partial charge in [-0.15, -0.1) is 0 Å². The number of hydrogen-bond donors (Lipinski definition) is 1. The Hall–Kier alpha value is -1.98. The lowest BCUT2D eigenvalue weighted by Gasteiger charge is -2.08. The van der Waals surface area contributed by atoms with E-state index in [0.29, 0.717) is 18.6 Å². The molecule has 1 amide bonds. The van der Waals surface area contributed by atoms with Crippen LogP contribution >= 0.6 is 0 Å². The van der Waals surface area contributed by atoms with Crippen LogP contribution in [-0.2, 0) is 9.53 Å². The Morgan fingerprint density at radius 3 is 2.62 bits per heavy atom. The SMILES string of the molecule is CC(C)CCOC(=O)CCNC(=O)c1ccc(F)cc1F. The van der Waals surface area contributed by atoms with E-state index < -0.39 is 23.5 Å². The zero-order valence-electron chi connectivity index (χ0n) is 12.1. The summed E-state index contributed by atoms with van der Waals surface area (Å²) in [7, 11) is 0. The fourth-order valence-corrected chi connectivity index (χ4v) is 1.53. The molecule has 1 rings (SSSR count). The minimum Gasteiger partial charge on any atom is -0.466 e. The molecule has 0 bridgehead atoms. The number of amides is 1. The second-order valence-electron chi connectivity index (χ2n) is 5.03. The van der Waals surface area contributed by atoms with Crippen LogP contribution in [0.3, 0.4) is 0 Å². The van der Waals surface area contributed by atoms with Crippen LogP contribution in [0.1, 0.15) is 37.0 Å². The maximum Gasteiger partial charge on any atom is 0.307 e. The number of carbonyl (C=O) groups is 2. The van der Waals surface area contributed by atoms with Crippen LogP contribution in [0.4, 0.5) is 8.78 Å². The lowest BCUT2D eigenvalue weighted by molar-refractivity contribution is -0.143. The molecule has 0 heterocycles. The summed E-state index contributed by atoms with van der Waals surface area (Å²) in [6, 6.07) is 2.69. The van der Waals surface area contributed by atoms with Gasteiger partial charge in [-0.3, -0.25) is 9.59 Å². The standard InChI is InChI=1S/C15H19F2NO3/c1-10(2)6-8-21-14(19)5-7-18-15(20)12-4-3-11(16)9-13(12)17/h3-4,9-10H,5-8H2,1-2H3,(H,18,20). The monoisotopic (exact) mass is 299 g/mol. The molecule has 0 fully saturated rings. The van der Waals surface area contributed by atoms with E-state index in [9.17, 15) is 18.4 Å². The summed E-state index contributed by atoms with van der Waals surface area (Å²) in [5.74, 6) is -2.36. The van der Waals surface area contributed by atoms with Gasteiger partial charge in [0.15, 0.2) is 0 Å². The molecule has 1 N–H and O–H groups in total. The number of ether oxygens (including phenoxy) is 1. The Kier molecular flexibility index (Phi) is 6.78. The highest BCUT2D eigenvalue weighted by Gasteiger charge is 2.12. The fraction of sp³-hybridized carbons (Fsp3) is 0.467. The van der Waals surface area contributed by atoms with Gasteiger partial charge in [0, 0.05) is 12.6 Å². The highest BCUT2D eigenvalue weighted by Crippen LogP contribution is 2.09. The highest BCUT2D eigenvalue weighted by molar-refractivity contribution is 5.94. The molecule has 0 aliphatic rings. The molecule has 0 unspecified atom stereocenters. The van der Waals surface area contributed by atoms with Crippen molar-refractivity contribution in [1.82, 2.24) is 5.32 Å². The molecule has 0 aromatic heterocycles. The molecule has 1 aromatic carbocycles. The Balaban J connectivity index is 2.32. The number of rotatable bonds is 7. The Morgan fingerprint density at radius 2 is 2.00 bits per heavy atom. The first kappa shape index (κ1) is 17.1. The molecule has 4 nitrogen and oxygen atoms in total. The van der Waals surface area contributed by atoms with Crippen molar-refractivity contribution in [2.75, 3.05) is 13.2 Å². The largest absolute Gasteiger partial charge is 0.466 e. The Labute approximate surface area is 122 Å². The van der Waals surface area contributed by atoms with Crippen LogP contribution in [-0.4, -0.2) is 25.0 Å². The minimum absolute atomic E-state index is 0.00660. The van der Waals surface area contributed by atoms with Gasteiger partial charge in [0.05, 0.1) is 18.6 Å². The van der Waals surface area contributed by atoms with Gasteiger partial charge in [0.2, 0.25) is 0 Å². The molecule has 0 radical (unpaired) electrons. The quantitative estimate of drug-likeness (QED) is 0.788. The van der Waals surface area contributed by atoms with Crippen molar-refractivity contribution in [3.8, 4) is 0 Å². The number of nitrogens with one attached hydrogen (secondary N) is 1. The zero-order valence-corrected chi connectivity index (χ0v) is 12.1. The van der Waals surface area contributed by atoms with E-state index >= 15 is 0 Å². The number of hydrogen-bond acceptors (Lipinski definition) is 3. The van der Waals surface area contributed by atoms with Gasteiger partial charge in [0.1, 0.15) is 11.6 Å². The highest BCUT2D eigenvalue weighted by atomic mass is 19.1. The van der Waals surface area contributed by atoms with Crippen molar-refractivity contribution in [3.63, 3.8) is 0 Å². The van der Waals surface area contributed by atoms with Crippen molar-refractivity contribution in [3.05, 3.63) is 35.4 Å². The minimum atomic E-state index is -0.938. The Bertz CT molecular complexity index is 504. The molecular weight excluding hydrogens is 280 g/mol. The third kappa shape index (κ3) is 6.33. The number of halogens is 2. The summed E-state index contributed by atoms with van der Waals surface area (Å²) < 4.78 is 31.0. The van der Waals surface area contributed by atoms with E-state index in [1.165, 1.54) is 0 Å². The van der Waals surface area contributed by atoms with Crippen molar-refractivity contribution in [2.45, 2.75) is 26.7 Å². The average Bonchev–Trinajstić information content (AvgIpc) is 2.37. The smallest absolute Gasteiger partial charge is 0.307 e. The molecule has 21 heavy (non-hydrogen) atoms. The molecular formula is C15H19F2NO3. The predicted molar refractivity (Wildman–Crippen MR) is 73.7 cm³/mol.